The van der Waals surface area contributed by atoms with E-state index in [1.807, 2.05) is 0 Å². The molecule has 1 aromatic carbocycles. The third-order valence-corrected chi connectivity index (χ3v) is 5.94. The second kappa shape index (κ2) is 10.2. The molecule has 1 aromatic rings. The number of benzene rings is 1. The molecule has 4 unspecified atom stereocenters. The maximum atomic E-state index is 13.1. The minimum atomic E-state index is -2.19. The maximum absolute atomic E-state index is 13.1. The van der Waals surface area contributed by atoms with Gasteiger partial charge in [0.25, 0.3) is 5.91 Å². The first kappa shape index (κ1) is 24.8. The number of hydrogen-bond donors (Lipinski definition) is 4. The Balaban J connectivity index is 2.48. The summed E-state index contributed by atoms with van der Waals surface area (Å²) in [6, 6.07) is 2.77. The van der Waals surface area contributed by atoms with Crippen LogP contribution in [0.4, 0.5) is 10.5 Å². The highest BCUT2D eigenvalue weighted by Crippen LogP contribution is 2.35. The standard InChI is InChI=1S/C19H25N5O7S/c1-10(2)14(18(27)28)24-16(26)15(17(24)32(30)22-21-19(29)20-4)23(11(3)25)12-6-8-13(31-5)9-7-12/h6-9,14-15,17,22H,1H2,2-5H3,(H,27,28)(H2,20,21,29). The predicted octanol–water partition coefficient (Wildman–Crippen LogP) is -0.288. The molecule has 0 radical (unpaired) electrons. The van der Waals surface area contributed by atoms with Crippen LogP contribution in [0.3, 0.4) is 0 Å². The van der Waals surface area contributed by atoms with E-state index in [-0.39, 0.29) is 5.57 Å². The average molecular weight is 468 g/mol. The Morgan fingerprint density at radius 3 is 2.28 bits per heavy atom. The summed E-state index contributed by atoms with van der Waals surface area (Å²) in [7, 11) is 0.618. The van der Waals surface area contributed by atoms with Crippen LogP contribution in [0.5, 0.6) is 5.75 Å². The largest absolute Gasteiger partial charge is 0.497 e. The molecular weight excluding hydrogens is 442 g/mol. The van der Waals surface area contributed by atoms with Crippen molar-refractivity contribution in [2.45, 2.75) is 31.3 Å². The van der Waals surface area contributed by atoms with Gasteiger partial charge in [0.2, 0.25) is 5.91 Å². The van der Waals surface area contributed by atoms with E-state index >= 15 is 0 Å². The first-order valence-corrected chi connectivity index (χ1v) is 10.5. The maximum Gasteiger partial charge on any atom is 0.330 e. The number of rotatable bonds is 9. The molecule has 174 valence electrons. The van der Waals surface area contributed by atoms with Gasteiger partial charge in [0, 0.05) is 19.7 Å². The number of methoxy groups -OCH3 is 1. The van der Waals surface area contributed by atoms with Crippen LogP contribution in [0.1, 0.15) is 13.8 Å². The van der Waals surface area contributed by atoms with Gasteiger partial charge in [-0.1, -0.05) is 6.58 Å². The average Bonchev–Trinajstić information content (AvgIpc) is 2.75. The number of hydrogen-bond acceptors (Lipinski definition) is 6. The van der Waals surface area contributed by atoms with Crippen LogP contribution in [-0.4, -0.2) is 69.6 Å². The van der Waals surface area contributed by atoms with E-state index in [0.29, 0.717) is 11.4 Å². The molecule has 2 rings (SSSR count). The molecule has 13 heteroatoms. The zero-order valence-electron chi connectivity index (χ0n) is 17.9. The number of anilines is 1. The number of aliphatic carboxylic acids is 1. The van der Waals surface area contributed by atoms with Gasteiger partial charge < -0.3 is 20.1 Å². The highest BCUT2D eigenvalue weighted by molar-refractivity contribution is 7.83. The lowest BCUT2D eigenvalue weighted by Crippen LogP contribution is -2.77. The highest BCUT2D eigenvalue weighted by atomic mass is 32.2. The molecule has 4 N–H and O–H groups in total. The number of ether oxygens (including phenoxy) is 1. The zero-order valence-corrected chi connectivity index (χ0v) is 18.8. The first-order chi connectivity index (χ1) is 15.0. The van der Waals surface area contributed by atoms with E-state index in [1.165, 1.54) is 28.0 Å². The van der Waals surface area contributed by atoms with Crippen LogP contribution in [-0.2, 0) is 25.4 Å². The molecule has 0 bridgehead atoms. The van der Waals surface area contributed by atoms with Crippen LogP contribution >= 0.6 is 0 Å². The first-order valence-electron chi connectivity index (χ1n) is 9.33. The molecule has 0 saturated carbocycles. The van der Waals surface area contributed by atoms with Crippen molar-refractivity contribution in [1.82, 2.24) is 20.5 Å². The van der Waals surface area contributed by atoms with E-state index < -0.39 is 52.3 Å². The Morgan fingerprint density at radius 1 is 1.25 bits per heavy atom. The SMILES string of the molecule is C=C(C)C(C(=O)O)N1C(=O)C(N(C(C)=O)c2ccc(OC)cc2)C1S(=O)NNC(=O)NC. The number of β-lactam (4-membered cyclic amide) rings is 1. The van der Waals surface area contributed by atoms with Crippen LogP contribution in [0, 0.1) is 0 Å². The summed E-state index contributed by atoms with van der Waals surface area (Å²) >= 11 is 0. The summed E-state index contributed by atoms with van der Waals surface area (Å²) in [4.78, 5) is 53.1. The Kier molecular flexibility index (Phi) is 7.94. The van der Waals surface area contributed by atoms with E-state index in [2.05, 4.69) is 22.2 Å². The van der Waals surface area contributed by atoms with Gasteiger partial charge in [-0.05, 0) is 36.8 Å². The van der Waals surface area contributed by atoms with Gasteiger partial charge >= 0.3 is 12.0 Å². The van der Waals surface area contributed by atoms with Crippen LogP contribution < -0.4 is 25.2 Å². The number of carbonyl (C=O) groups is 4. The Bertz CT molecular complexity index is 938. The smallest absolute Gasteiger partial charge is 0.330 e. The van der Waals surface area contributed by atoms with Gasteiger partial charge in [-0.3, -0.25) is 19.9 Å². The minimum absolute atomic E-state index is 0.129. The van der Waals surface area contributed by atoms with Crippen molar-refractivity contribution in [2.24, 2.45) is 0 Å². The summed E-state index contributed by atoms with van der Waals surface area (Å²) in [5, 5.41) is 10.6. The predicted molar refractivity (Wildman–Crippen MR) is 116 cm³/mol. The molecule has 1 aliphatic heterocycles. The number of urea groups is 1. The Hall–Kier alpha value is -3.45. The fourth-order valence-electron chi connectivity index (χ4n) is 3.27. The van der Waals surface area contributed by atoms with Crippen LogP contribution in [0.2, 0.25) is 0 Å². The van der Waals surface area contributed by atoms with Crippen molar-refractivity contribution in [3.63, 3.8) is 0 Å². The second-order valence-corrected chi connectivity index (χ2v) is 8.14. The number of carbonyl (C=O) groups excluding carboxylic acids is 3. The van der Waals surface area contributed by atoms with Crippen molar-refractivity contribution in [1.29, 1.82) is 0 Å². The number of likely N-dealkylation sites (tertiary alicyclic amines) is 1. The molecule has 1 heterocycles. The van der Waals surface area contributed by atoms with Gasteiger partial charge in [-0.25, -0.2) is 13.8 Å². The molecule has 32 heavy (non-hydrogen) atoms. The van der Waals surface area contributed by atoms with E-state index in [4.69, 9.17) is 4.74 Å². The zero-order chi connectivity index (χ0) is 24.2. The van der Waals surface area contributed by atoms with Crippen LogP contribution in [0.25, 0.3) is 0 Å². The van der Waals surface area contributed by atoms with Gasteiger partial charge in [-0.15, -0.1) is 4.83 Å². The number of nitrogens with one attached hydrogen (secondary N) is 3. The molecule has 0 aliphatic carbocycles. The van der Waals surface area contributed by atoms with E-state index in [9.17, 15) is 28.5 Å². The fourth-order valence-corrected chi connectivity index (χ4v) is 4.49. The van der Waals surface area contributed by atoms with Crippen molar-refractivity contribution in [3.05, 3.63) is 36.4 Å². The number of nitrogens with zero attached hydrogens (tertiary/aromatic N) is 2. The third-order valence-electron chi connectivity index (χ3n) is 4.71. The van der Waals surface area contributed by atoms with Crippen molar-refractivity contribution >= 4 is 40.5 Å². The topological polar surface area (TPSA) is 157 Å². The fraction of sp³-hybridized carbons (Fsp3) is 0.368. The van der Waals surface area contributed by atoms with Gasteiger partial charge in [0.05, 0.1) is 7.11 Å². The molecule has 0 spiro atoms. The van der Waals surface area contributed by atoms with Crippen molar-refractivity contribution < 1.29 is 33.2 Å². The number of hydrazine groups is 1. The van der Waals surface area contributed by atoms with Gasteiger partial charge in [-0.2, -0.15) is 0 Å². The lowest BCUT2D eigenvalue weighted by Gasteiger charge is -2.51. The second-order valence-electron chi connectivity index (χ2n) is 6.86. The molecule has 0 aromatic heterocycles. The Labute approximate surface area is 187 Å². The normalized spacial score (nSPS) is 19.2. The molecule has 1 fully saturated rings. The highest BCUT2D eigenvalue weighted by Gasteiger charge is 2.59. The lowest BCUT2D eigenvalue weighted by molar-refractivity contribution is -0.158. The number of carboxylic acid groups (broad SMARTS) is 1. The number of carboxylic acids is 1. The van der Waals surface area contributed by atoms with Gasteiger partial charge in [0.1, 0.15) is 22.8 Å². The molecular formula is C19H25N5O7S. The van der Waals surface area contributed by atoms with Crippen LogP contribution in [0.15, 0.2) is 36.4 Å². The van der Waals surface area contributed by atoms with Gasteiger partial charge in [0.15, 0.2) is 11.4 Å². The van der Waals surface area contributed by atoms with Crippen molar-refractivity contribution in [2.75, 3.05) is 19.1 Å². The summed E-state index contributed by atoms with van der Waals surface area (Å²) < 4.78 is 18.1. The summed E-state index contributed by atoms with van der Waals surface area (Å²) in [5.41, 5.74) is 2.58. The molecule has 1 saturated heterocycles. The van der Waals surface area contributed by atoms with E-state index in [1.54, 1.807) is 24.3 Å². The minimum Gasteiger partial charge on any atom is -0.497 e. The lowest BCUT2D eigenvalue weighted by atomic mass is 9.97. The quantitative estimate of drug-likeness (QED) is 0.221. The molecule has 12 nitrogen and oxygen atoms in total. The Morgan fingerprint density at radius 2 is 1.84 bits per heavy atom. The van der Waals surface area contributed by atoms with E-state index in [0.717, 1.165) is 9.80 Å². The molecule has 4 atom stereocenters. The molecule has 1 aliphatic rings. The third kappa shape index (κ3) is 4.89. The number of amides is 4. The van der Waals surface area contributed by atoms with Crippen molar-refractivity contribution in [3.8, 4) is 5.75 Å². The monoisotopic (exact) mass is 467 g/mol. The summed E-state index contributed by atoms with van der Waals surface area (Å²) in [5.74, 6) is -2.11. The summed E-state index contributed by atoms with van der Waals surface area (Å²) in [6.07, 6.45) is 0. The molecule has 4 amide bonds. The summed E-state index contributed by atoms with van der Waals surface area (Å²) in [6.45, 7) is 6.25.